The Labute approximate surface area is 174 Å². The van der Waals surface area contributed by atoms with Crippen LogP contribution >= 0.6 is 0 Å². The van der Waals surface area contributed by atoms with Crippen molar-refractivity contribution in [3.63, 3.8) is 0 Å². The first-order valence-corrected chi connectivity index (χ1v) is 10.0. The van der Waals surface area contributed by atoms with Gasteiger partial charge in [-0.2, -0.15) is 0 Å². The molecule has 8 heteroatoms. The molecule has 0 spiro atoms. The Morgan fingerprint density at radius 1 is 1.03 bits per heavy atom. The lowest BCUT2D eigenvalue weighted by Gasteiger charge is -2.21. The zero-order valence-electron chi connectivity index (χ0n) is 16.6. The maximum atomic E-state index is 12.9. The second-order valence-corrected chi connectivity index (χ2v) is 6.99. The number of amides is 1. The van der Waals surface area contributed by atoms with Crippen LogP contribution in [-0.4, -0.2) is 42.8 Å². The molecule has 1 amide bonds. The van der Waals surface area contributed by atoms with E-state index in [9.17, 15) is 14.0 Å². The summed E-state index contributed by atoms with van der Waals surface area (Å²) in [4.78, 5) is 27.9. The molecule has 1 fully saturated rings. The van der Waals surface area contributed by atoms with Gasteiger partial charge in [0, 0.05) is 18.0 Å². The van der Waals surface area contributed by atoms with E-state index in [4.69, 9.17) is 14.2 Å². The first-order valence-electron chi connectivity index (χ1n) is 10.0. The van der Waals surface area contributed by atoms with Gasteiger partial charge < -0.3 is 19.5 Å². The maximum Gasteiger partial charge on any atom is 0.344 e. The minimum atomic E-state index is -0.512. The van der Waals surface area contributed by atoms with E-state index in [0.29, 0.717) is 17.9 Å². The number of hydrogen-bond acceptors (Lipinski definition) is 6. The Bertz CT molecular complexity index is 820. The van der Waals surface area contributed by atoms with Crippen LogP contribution < -0.4 is 10.1 Å². The highest BCUT2D eigenvalue weighted by atomic mass is 19.1. The summed E-state index contributed by atoms with van der Waals surface area (Å²) >= 11 is 0. The fourth-order valence-electron chi connectivity index (χ4n) is 3.11. The second kappa shape index (κ2) is 11.3. The molecule has 1 aromatic carbocycles. The van der Waals surface area contributed by atoms with Crippen molar-refractivity contribution in [1.82, 2.24) is 4.98 Å². The van der Waals surface area contributed by atoms with Crippen molar-refractivity contribution in [2.45, 2.75) is 38.2 Å². The fraction of sp³-hybridized carbons (Fsp3) is 0.409. The van der Waals surface area contributed by atoms with E-state index in [1.165, 1.54) is 61.9 Å². The van der Waals surface area contributed by atoms with Crippen LogP contribution in [0.2, 0.25) is 0 Å². The third-order valence-corrected chi connectivity index (χ3v) is 4.69. The van der Waals surface area contributed by atoms with Gasteiger partial charge in [-0.15, -0.1) is 0 Å². The molecular weight excluding hydrogens is 391 g/mol. The molecule has 0 saturated heterocycles. The summed E-state index contributed by atoms with van der Waals surface area (Å²) in [7, 11) is 0. The van der Waals surface area contributed by atoms with Gasteiger partial charge in [0.1, 0.15) is 12.4 Å². The minimum absolute atomic E-state index is 0.189. The van der Waals surface area contributed by atoms with Crippen molar-refractivity contribution in [1.29, 1.82) is 0 Å². The molecule has 1 saturated carbocycles. The Morgan fingerprint density at radius 3 is 2.50 bits per heavy atom. The highest BCUT2D eigenvalue weighted by Gasteiger charge is 2.14. The summed E-state index contributed by atoms with van der Waals surface area (Å²) in [6, 6.07) is 8.44. The van der Waals surface area contributed by atoms with Crippen LogP contribution in [0.3, 0.4) is 0 Å². The second-order valence-electron chi connectivity index (χ2n) is 6.99. The van der Waals surface area contributed by atoms with Crippen LogP contribution in [0.5, 0.6) is 5.88 Å². The van der Waals surface area contributed by atoms with Gasteiger partial charge in [-0.3, -0.25) is 4.79 Å². The van der Waals surface area contributed by atoms with E-state index < -0.39 is 11.9 Å². The number of anilines is 1. The predicted octanol–water partition coefficient (Wildman–Crippen LogP) is 3.74. The molecule has 1 aliphatic rings. The van der Waals surface area contributed by atoms with Crippen LogP contribution in [-0.2, 0) is 14.3 Å². The summed E-state index contributed by atoms with van der Waals surface area (Å²) in [6.07, 6.45) is 7.39. The lowest BCUT2D eigenvalue weighted by Crippen LogP contribution is -2.22. The van der Waals surface area contributed by atoms with Crippen molar-refractivity contribution >= 4 is 17.6 Å². The molecule has 7 nitrogen and oxygen atoms in total. The number of rotatable bonds is 9. The quantitative estimate of drug-likeness (QED) is 0.495. The highest BCUT2D eigenvalue weighted by molar-refractivity contribution is 6.04. The fourth-order valence-corrected chi connectivity index (χ4v) is 3.11. The number of halogens is 1. The highest BCUT2D eigenvalue weighted by Crippen LogP contribution is 2.20. The van der Waals surface area contributed by atoms with E-state index in [1.54, 1.807) is 0 Å². The van der Waals surface area contributed by atoms with Crippen molar-refractivity contribution in [2.75, 3.05) is 25.1 Å². The van der Waals surface area contributed by atoms with E-state index >= 15 is 0 Å². The smallest absolute Gasteiger partial charge is 0.344 e. The predicted molar refractivity (Wildman–Crippen MR) is 108 cm³/mol. The first-order chi connectivity index (χ1) is 14.6. The molecule has 1 heterocycles. The van der Waals surface area contributed by atoms with Crippen molar-refractivity contribution < 1.29 is 28.2 Å². The average molecular weight is 416 g/mol. The molecule has 0 radical (unpaired) electrons. The topological polar surface area (TPSA) is 86.8 Å². The molecule has 0 unspecified atom stereocenters. The SMILES string of the molecule is O=C(COc1ccc(C(=O)Nc2ccc(F)cc2)cn1)OCCOC1CCCCC1. The summed E-state index contributed by atoms with van der Waals surface area (Å²) in [5.41, 5.74) is 0.769. The van der Waals surface area contributed by atoms with Crippen molar-refractivity contribution in [3.8, 4) is 5.88 Å². The summed E-state index contributed by atoms with van der Waals surface area (Å²) in [5.74, 6) is -1.09. The standard InChI is InChI=1S/C22H25FN2O5/c23-17-7-9-18(10-8-17)25-22(27)16-6-11-20(24-14-16)30-15-21(26)29-13-12-28-19-4-2-1-3-5-19/h6-11,14,19H,1-5,12-13,15H2,(H,25,27). The number of benzene rings is 1. The number of aromatic nitrogens is 1. The maximum absolute atomic E-state index is 12.9. The summed E-state index contributed by atoms with van der Waals surface area (Å²) in [6.45, 7) is 0.290. The van der Waals surface area contributed by atoms with Crippen LogP contribution in [0.1, 0.15) is 42.5 Å². The number of esters is 1. The number of nitrogens with zero attached hydrogens (tertiary/aromatic N) is 1. The van der Waals surface area contributed by atoms with Crippen LogP contribution in [0.25, 0.3) is 0 Å². The number of ether oxygens (including phenoxy) is 3. The normalized spacial score (nSPS) is 14.2. The first kappa shape index (κ1) is 21.7. The van der Waals surface area contributed by atoms with Crippen LogP contribution in [0.4, 0.5) is 10.1 Å². The van der Waals surface area contributed by atoms with Crippen LogP contribution in [0.15, 0.2) is 42.6 Å². The number of carbonyl (C=O) groups excluding carboxylic acids is 2. The Hall–Kier alpha value is -3.00. The molecule has 0 aliphatic heterocycles. The molecule has 1 aromatic heterocycles. The van der Waals surface area contributed by atoms with Gasteiger partial charge in [-0.1, -0.05) is 19.3 Å². The van der Waals surface area contributed by atoms with E-state index in [2.05, 4.69) is 10.3 Å². The lowest BCUT2D eigenvalue weighted by molar-refractivity contribution is -0.148. The molecule has 2 aromatic rings. The molecule has 3 rings (SSSR count). The van der Waals surface area contributed by atoms with Crippen LogP contribution in [0, 0.1) is 5.82 Å². The number of carbonyl (C=O) groups is 2. The molecule has 0 atom stereocenters. The Kier molecular flexibility index (Phi) is 8.14. The van der Waals surface area contributed by atoms with Gasteiger partial charge in [0.2, 0.25) is 5.88 Å². The zero-order valence-corrected chi connectivity index (χ0v) is 16.6. The molecule has 30 heavy (non-hydrogen) atoms. The van der Waals surface area contributed by atoms with Gasteiger partial charge in [0.15, 0.2) is 6.61 Å². The zero-order chi connectivity index (χ0) is 21.2. The van der Waals surface area contributed by atoms with Gasteiger partial charge in [-0.05, 0) is 43.2 Å². The molecule has 160 valence electrons. The monoisotopic (exact) mass is 416 g/mol. The van der Waals surface area contributed by atoms with E-state index in [-0.39, 0.29) is 31.0 Å². The number of nitrogens with one attached hydrogen (secondary N) is 1. The van der Waals surface area contributed by atoms with Crippen molar-refractivity contribution in [3.05, 3.63) is 54.0 Å². The number of pyridine rings is 1. The van der Waals surface area contributed by atoms with Crippen molar-refractivity contribution in [2.24, 2.45) is 0 Å². The van der Waals surface area contributed by atoms with Gasteiger partial charge in [0.05, 0.1) is 18.3 Å². The largest absolute Gasteiger partial charge is 0.466 e. The summed E-state index contributed by atoms with van der Waals surface area (Å²) < 4.78 is 29.0. The Balaban J connectivity index is 1.34. The van der Waals surface area contributed by atoms with Gasteiger partial charge in [-0.25, -0.2) is 14.2 Å². The third-order valence-electron chi connectivity index (χ3n) is 4.69. The summed E-state index contributed by atoms with van der Waals surface area (Å²) in [5, 5.41) is 2.63. The number of hydrogen-bond donors (Lipinski definition) is 1. The van der Waals surface area contributed by atoms with E-state index in [0.717, 1.165) is 12.8 Å². The minimum Gasteiger partial charge on any atom is -0.466 e. The van der Waals surface area contributed by atoms with E-state index in [1.807, 2.05) is 0 Å². The third kappa shape index (κ3) is 7.11. The molecular formula is C22H25FN2O5. The Morgan fingerprint density at radius 2 is 1.80 bits per heavy atom. The average Bonchev–Trinajstić information content (AvgIpc) is 2.78. The molecule has 1 N–H and O–H groups in total. The lowest BCUT2D eigenvalue weighted by atomic mass is 9.98. The molecule has 1 aliphatic carbocycles. The van der Waals surface area contributed by atoms with Gasteiger partial charge >= 0.3 is 5.97 Å². The molecule has 0 bridgehead atoms. The van der Waals surface area contributed by atoms with Gasteiger partial charge in [0.25, 0.3) is 5.91 Å².